The van der Waals surface area contributed by atoms with Crippen LogP contribution in [0.25, 0.3) is 0 Å². The first-order valence-corrected chi connectivity index (χ1v) is 8.33. The second-order valence-corrected chi connectivity index (χ2v) is 6.17. The number of hydrogen-bond acceptors (Lipinski definition) is 4. The minimum absolute atomic E-state index is 0.272. The van der Waals surface area contributed by atoms with Crippen molar-refractivity contribution in [1.82, 2.24) is 9.80 Å². The van der Waals surface area contributed by atoms with Gasteiger partial charge in [0.15, 0.2) is 0 Å². The fourth-order valence-corrected chi connectivity index (χ4v) is 3.16. The highest BCUT2D eigenvalue weighted by atomic mass is 16.5. The maximum Gasteiger partial charge on any atom is 0.222 e. The van der Waals surface area contributed by atoms with Crippen LogP contribution < -0.4 is 5.73 Å². The zero-order chi connectivity index (χ0) is 15.7. The van der Waals surface area contributed by atoms with Gasteiger partial charge in [0.2, 0.25) is 5.91 Å². The van der Waals surface area contributed by atoms with Gasteiger partial charge in [0.05, 0.1) is 0 Å². The zero-order valence-corrected chi connectivity index (χ0v) is 14.0. The Balaban J connectivity index is 2.45. The van der Waals surface area contributed by atoms with E-state index in [4.69, 9.17) is 10.5 Å². The molecule has 1 saturated heterocycles. The first-order chi connectivity index (χ1) is 10.1. The first kappa shape index (κ1) is 18.4. The van der Waals surface area contributed by atoms with E-state index in [1.807, 2.05) is 4.90 Å². The molecule has 1 amide bonds. The Morgan fingerprint density at radius 2 is 2.05 bits per heavy atom. The Kier molecular flexibility index (Phi) is 8.88. The Morgan fingerprint density at radius 3 is 2.67 bits per heavy atom. The molecule has 1 heterocycles. The van der Waals surface area contributed by atoms with Gasteiger partial charge in [0.1, 0.15) is 0 Å². The third-order valence-electron chi connectivity index (χ3n) is 4.34. The van der Waals surface area contributed by atoms with Crippen molar-refractivity contribution in [3.05, 3.63) is 0 Å². The summed E-state index contributed by atoms with van der Waals surface area (Å²) in [6, 6.07) is 0.567. The predicted octanol–water partition coefficient (Wildman–Crippen LogP) is 1.32. The SMILES string of the molecule is CCC(CCN)N1CCCN(C(=O)CC(C)COC)CC1. The molecule has 0 aliphatic carbocycles. The minimum atomic E-state index is 0.272. The van der Waals surface area contributed by atoms with Crippen molar-refractivity contribution in [1.29, 1.82) is 0 Å². The second-order valence-electron chi connectivity index (χ2n) is 6.17. The molecule has 0 saturated carbocycles. The van der Waals surface area contributed by atoms with E-state index < -0.39 is 0 Å². The average Bonchev–Trinajstić information content (AvgIpc) is 2.70. The van der Waals surface area contributed by atoms with Crippen molar-refractivity contribution in [2.45, 2.75) is 45.6 Å². The Labute approximate surface area is 129 Å². The Morgan fingerprint density at radius 1 is 1.29 bits per heavy atom. The minimum Gasteiger partial charge on any atom is -0.384 e. The van der Waals surface area contributed by atoms with Crippen LogP contribution in [-0.2, 0) is 9.53 Å². The van der Waals surface area contributed by atoms with Gasteiger partial charge in [-0.3, -0.25) is 9.69 Å². The van der Waals surface area contributed by atoms with Crippen LogP contribution in [0.1, 0.15) is 39.5 Å². The van der Waals surface area contributed by atoms with Crippen LogP contribution >= 0.6 is 0 Å². The molecule has 2 atom stereocenters. The van der Waals surface area contributed by atoms with Crippen LogP contribution in [0.5, 0.6) is 0 Å². The first-order valence-electron chi connectivity index (χ1n) is 8.33. The molecule has 0 spiro atoms. The van der Waals surface area contributed by atoms with E-state index in [0.29, 0.717) is 25.0 Å². The van der Waals surface area contributed by atoms with Crippen LogP contribution in [0.3, 0.4) is 0 Å². The molecule has 5 heteroatoms. The van der Waals surface area contributed by atoms with E-state index in [-0.39, 0.29) is 5.91 Å². The number of hydrogen-bond donors (Lipinski definition) is 1. The lowest BCUT2D eigenvalue weighted by atomic mass is 10.1. The van der Waals surface area contributed by atoms with Gasteiger partial charge in [0, 0.05) is 52.4 Å². The number of nitrogens with zero attached hydrogens (tertiary/aromatic N) is 2. The van der Waals surface area contributed by atoms with E-state index in [2.05, 4.69) is 18.7 Å². The second kappa shape index (κ2) is 10.1. The maximum atomic E-state index is 12.3. The Hall–Kier alpha value is -0.650. The number of ether oxygens (including phenoxy) is 1. The van der Waals surface area contributed by atoms with Gasteiger partial charge in [-0.05, 0) is 31.7 Å². The van der Waals surface area contributed by atoms with E-state index in [1.165, 1.54) is 0 Å². The van der Waals surface area contributed by atoms with Gasteiger partial charge >= 0.3 is 0 Å². The molecule has 1 aliphatic heterocycles. The highest BCUT2D eigenvalue weighted by Crippen LogP contribution is 2.14. The van der Waals surface area contributed by atoms with Gasteiger partial charge in [-0.2, -0.15) is 0 Å². The smallest absolute Gasteiger partial charge is 0.222 e. The topological polar surface area (TPSA) is 58.8 Å². The lowest BCUT2D eigenvalue weighted by Gasteiger charge is -2.29. The summed E-state index contributed by atoms with van der Waals surface area (Å²) in [4.78, 5) is 16.9. The van der Waals surface area contributed by atoms with Gasteiger partial charge in [-0.15, -0.1) is 0 Å². The van der Waals surface area contributed by atoms with E-state index in [9.17, 15) is 4.79 Å². The molecule has 1 rings (SSSR count). The van der Waals surface area contributed by atoms with E-state index in [1.54, 1.807) is 7.11 Å². The van der Waals surface area contributed by atoms with Crippen LogP contribution in [0, 0.1) is 5.92 Å². The lowest BCUT2D eigenvalue weighted by Crippen LogP contribution is -2.40. The Bertz CT molecular complexity index is 299. The van der Waals surface area contributed by atoms with Crippen molar-refractivity contribution < 1.29 is 9.53 Å². The number of nitrogens with two attached hydrogens (primary N) is 1. The molecule has 124 valence electrons. The van der Waals surface area contributed by atoms with Crippen molar-refractivity contribution in [3.63, 3.8) is 0 Å². The zero-order valence-electron chi connectivity index (χ0n) is 14.0. The molecule has 21 heavy (non-hydrogen) atoms. The van der Waals surface area contributed by atoms with Gasteiger partial charge in [0.25, 0.3) is 0 Å². The summed E-state index contributed by atoms with van der Waals surface area (Å²) in [6.07, 6.45) is 3.84. The molecule has 2 unspecified atom stereocenters. The predicted molar refractivity (Wildman–Crippen MR) is 86.2 cm³/mol. The van der Waals surface area contributed by atoms with Gasteiger partial charge in [-0.1, -0.05) is 13.8 Å². The van der Waals surface area contributed by atoms with E-state index >= 15 is 0 Å². The summed E-state index contributed by atoms with van der Waals surface area (Å²) in [5, 5.41) is 0. The molecular weight excluding hydrogens is 266 g/mol. The molecule has 2 N–H and O–H groups in total. The molecule has 0 aromatic heterocycles. The molecule has 5 nitrogen and oxygen atoms in total. The average molecular weight is 299 g/mol. The quantitative estimate of drug-likeness (QED) is 0.734. The molecule has 1 aliphatic rings. The van der Waals surface area contributed by atoms with Crippen molar-refractivity contribution in [2.24, 2.45) is 11.7 Å². The monoisotopic (exact) mass is 299 g/mol. The summed E-state index contributed by atoms with van der Waals surface area (Å²) in [5.41, 5.74) is 5.71. The fourth-order valence-electron chi connectivity index (χ4n) is 3.16. The third kappa shape index (κ3) is 6.32. The normalized spacial score (nSPS) is 20.1. The molecular formula is C16H33N3O2. The molecule has 0 aromatic carbocycles. The van der Waals surface area contributed by atoms with Gasteiger partial charge < -0.3 is 15.4 Å². The van der Waals surface area contributed by atoms with Crippen LogP contribution in [0.4, 0.5) is 0 Å². The number of carbonyl (C=O) groups is 1. The standard InChI is InChI=1S/C16H33N3O2/c1-4-15(6-7-17)18-8-5-9-19(11-10-18)16(20)12-14(2)13-21-3/h14-15H,4-13,17H2,1-3H3. The van der Waals surface area contributed by atoms with Crippen LogP contribution in [-0.4, -0.2) is 68.2 Å². The number of methoxy groups -OCH3 is 1. The summed E-state index contributed by atoms with van der Waals surface area (Å²) in [5.74, 6) is 0.566. The van der Waals surface area contributed by atoms with Crippen molar-refractivity contribution in [3.8, 4) is 0 Å². The van der Waals surface area contributed by atoms with Crippen LogP contribution in [0.2, 0.25) is 0 Å². The molecule has 0 radical (unpaired) electrons. The van der Waals surface area contributed by atoms with E-state index in [0.717, 1.165) is 52.0 Å². The maximum absolute atomic E-state index is 12.3. The van der Waals surface area contributed by atoms with Crippen molar-refractivity contribution in [2.75, 3.05) is 46.4 Å². The highest BCUT2D eigenvalue weighted by Gasteiger charge is 2.23. The summed E-state index contributed by atoms with van der Waals surface area (Å²) in [7, 11) is 1.69. The van der Waals surface area contributed by atoms with Gasteiger partial charge in [-0.25, -0.2) is 0 Å². The fraction of sp³-hybridized carbons (Fsp3) is 0.938. The highest BCUT2D eigenvalue weighted by molar-refractivity contribution is 5.76. The summed E-state index contributed by atoms with van der Waals surface area (Å²) >= 11 is 0. The summed E-state index contributed by atoms with van der Waals surface area (Å²) in [6.45, 7) is 9.47. The molecule has 1 fully saturated rings. The van der Waals surface area contributed by atoms with Crippen molar-refractivity contribution >= 4 is 5.91 Å². The summed E-state index contributed by atoms with van der Waals surface area (Å²) < 4.78 is 5.12. The number of rotatable bonds is 8. The lowest BCUT2D eigenvalue weighted by molar-refractivity contribution is -0.132. The third-order valence-corrected chi connectivity index (χ3v) is 4.34. The molecule has 0 bridgehead atoms. The number of carbonyl (C=O) groups excluding carboxylic acids is 1. The largest absolute Gasteiger partial charge is 0.384 e. The number of amides is 1. The van der Waals surface area contributed by atoms with Crippen LogP contribution in [0.15, 0.2) is 0 Å². The molecule has 0 aromatic rings.